The van der Waals surface area contributed by atoms with E-state index in [1.165, 1.54) is 5.56 Å². The van der Waals surface area contributed by atoms with Crippen molar-refractivity contribution in [2.24, 2.45) is 0 Å². The summed E-state index contributed by atoms with van der Waals surface area (Å²) in [6.45, 7) is 5.64. The van der Waals surface area contributed by atoms with Gasteiger partial charge in [0.2, 0.25) is 0 Å². The van der Waals surface area contributed by atoms with E-state index in [0.717, 1.165) is 36.7 Å². The molecule has 3 nitrogen and oxygen atoms in total. The maximum absolute atomic E-state index is 5.55. The van der Waals surface area contributed by atoms with Crippen molar-refractivity contribution in [2.45, 2.75) is 26.8 Å². The Balaban J connectivity index is 1.87. The zero-order chi connectivity index (χ0) is 13.5. The molecule has 2 aromatic rings. The molecule has 0 bridgehead atoms. The summed E-state index contributed by atoms with van der Waals surface area (Å²) in [6, 6.07) is 12.1. The van der Waals surface area contributed by atoms with E-state index in [1.54, 1.807) is 0 Å². The van der Waals surface area contributed by atoms with Gasteiger partial charge in [0.1, 0.15) is 5.75 Å². The lowest BCUT2D eigenvalue weighted by atomic mass is 10.2. The van der Waals surface area contributed by atoms with Crippen molar-refractivity contribution in [1.82, 2.24) is 4.98 Å². The van der Waals surface area contributed by atoms with E-state index in [9.17, 15) is 0 Å². The van der Waals surface area contributed by atoms with Gasteiger partial charge in [0.05, 0.1) is 18.8 Å². The van der Waals surface area contributed by atoms with Crippen LogP contribution in [-0.4, -0.2) is 11.6 Å². The quantitative estimate of drug-likeness (QED) is 0.853. The van der Waals surface area contributed by atoms with Gasteiger partial charge < -0.3 is 10.1 Å². The van der Waals surface area contributed by atoms with Crippen LogP contribution in [0, 0.1) is 6.92 Å². The molecule has 0 spiro atoms. The van der Waals surface area contributed by atoms with Crippen LogP contribution in [0.15, 0.2) is 42.6 Å². The molecule has 3 heteroatoms. The highest BCUT2D eigenvalue weighted by Gasteiger charge is 1.97. The van der Waals surface area contributed by atoms with Gasteiger partial charge in [0.25, 0.3) is 0 Å². The lowest BCUT2D eigenvalue weighted by Gasteiger charge is -2.08. The fourth-order valence-corrected chi connectivity index (χ4v) is 1.68. The number of pyridine rings is 1. The fraction of sp³-hybridized carbons (Fsp3) is 0.312. The van der Waals surface area contributed by atoms with E-state index in [-0.39, 0.29) is 0 Å². The summed E-state index contributed by atoms with van der Waals surface area (Å²) in [5.74, 6) is 0.917. The number of aromatic nitrogens is 1. The third-order valence-electron chi connectivity index (χ3n) is 2.77. The number of aryl methyl sites for hydroxylation is 1. The van der Waals surface area contributed by atoms with Crippen LogP contribution < -0.4 is 10.1 Å². The van der Waals surface area contributed by atoms with Gasteiger partial charge in [0, 0.05) is 11.9 Å². The highest BCUT2D eigenvalue weighted by Crippen LogP contribution is 2.16. The van der Waals surface area contributed by atoms with Crippen molar-refractivity contribution >= 4 is 5.69 Å². The van der Waals surface area contributed by atoms with E-state index in [4.69, 9.17) is 4.74 Å². The fourth-order valence-electron chi connectivity index (χ4n) is 1.68. The van der Waals surface area contributed by atoms with Crippen LogP contribution in [0.5, 0.6) is 5.75 Å². The maximum atomic E-state index is 5.55. The second-order valence-corrected chi connectivity index (χ2v) is 4.55. The summed E-state index contributed by atoms with van der Waals surface area (Å²) in [7, 11) is 0. The first-order valence-electron chi connectivity index (χ1n) is 6.66. The molecule has 0 unspecified atom stereocenters. The molecular formula is C16H20N2O. The molecular weight excluding hydrogens is 236 g/mol. The van der Waals surface area contributed by atoms with Crippen LogP contribution in [0.4, 0.5) is 5.69 Å². The average molecular weight is 256 g/mol. The summed E-state index contributed by atoms with van der Waals surface area (Å²) in [4.78, 5) is 4.36. The predicted octanol–water partition coefficient (Wildman–Crippen LogP) is 3.79. The first-order chi connectivity index (χ1) is 9.28. The molecule has 0 aliphatic rings. The minimum Gasteiger partial charge on any atom is -0.494 e. The summed E-state index contributed by atoms with van der Waals surface area (Å²) >= 11 is 0. The Bertz CT molecular complexity index is 491. The Hall–Kier alpha value is -2.03. The molecule has 1 aromatic carbocycles. The Morgan fingerprint density at radius 1 is 1.11 bits per heavy atom. The molecule has 2 rings (SSSR count). The number of hydrogen-bond donors (Lipinski definition) is 1. The Morgan fingerprint density at radius 2 is 1.89 bits per heavy atom. The Labute approximate surface area is 114 Å². The molecule has 19 heavy (non-hydrogen) atoms. The van der Waals surface area contributed by atoms with Gasteiger partial charge in [-0.15, -0.1) is 0 Å². The molecule has 1 aromatic heterocycles. The molecule has 0 aliphatic carbocycles. The van der Waals surface area contributed by atoms with Gasteiger partial charge >= 0.3 is 0 Å². The van der Waals surface area contributed by atoms with Gasteiger partial charge in [0.15, 0.2) is 0 Å². The third-order valence-corrected chi connectivity index (χ3v) is 2.77. The molecule has 0 radical (unpaired) electrons. The van der Waals surface area contributed by atoms with E-state index < -0.39 is 0 Å². The van der Waals surface area contributed by atoms with Crippen LogP contribution in [0.25, 0.3) is 0 Å². The zero-order valence-corrected chi connectivity index (χ0v) is 11.5. The minimum absolute atomic E-state index is 0.732. The maximum Gasteiger partial charge on any atom is 0.119 e. The van der Waals surface area contributed by atoms with Gasteiger partial charge in [-0.1, -0.05) is 13.0 Å². The molecule has 1 heterocycles. The van der Waals surface area contributed by atoms with Crippen LogP contribution in [0.3, 0.4) is 0 Å². The molecule has 0 fully saturated rings. The second-order valence-electron chi connectivity index (χ2n) is 4.55. The molecule has 0 aliphatic heterocycles. The summed E-state index contributed by atoms with van der Waals surface area (Å²) in [5.41, 5.74) is 3.30. The number of rotatable bonds is 6. The Morgan fingerprint density at radius 3 is 2.53 bits per heavy atom. The molecule has 0 atom stereocenters. The SMILES string of the molecule is CCCOc1ccc(NCc2ccc(C)cn2)cc1. The third kappa shape index (κ3) is 4.28. The van der Waals surface area contributed by atoms with E-state index in [0.29, 0.717) is 0 Å². The van der Waals surface area contributed by atoms with E-state index in [1.807, 2.05) is 43.5 Å². The monoisotopic (exact) mass is 256 g/mol. The number of benzene rings is 1. The number of nitrogens with zero attached hydrogens (tertiary/aromatic N) is 1. The van der Waals surface area contributed by atoms with Crippen LogP contribution in [0.1, 0.15) is 24.6 Å². The van der Waals surface area contributed by atoms with Crippen LogP contribution in [-0.2, 0) is 6.54 Å². The van der Waals surface area contributed by atoms with Crippen molar-refractivity contribution in [3.63, 3.8) is 0 Å². The summed E-state index contributed by atoms with van der Waals surface area (Å²) < 4.78 is 5.55. The highest BCUT2D eigenvalue weighted by atomic mass is 16.5. The van der Waals surface area contributed by atoms with Gasteiger partial charge in [-0.2, -0.15) is 0 Å². The average Bonchev–Trinajstić information content (AvgIpc) is 2.46. The topological polar surface area (TPSA) is 34.1 Å². The lowest BCUT2D eigenvalue weighted by Crippen LogP contribution is -2.01. The van der Waals surface area contributed by atoms with Gasteiger partial charge in [-0.05, 0) is 49.2 Å². The molecule has 0 saturated carbocycles. The van der Waals surface area contributed by atoms with Gasteiger partial charge in [-0.25, -0.2) is 0 Å². The number of anilines is 1. The van der Waals surface area contributed by atoms with Crippen LogP contribution >= 0.6 is 0 Å². The first kappa shape index (κ1) is 13.4. The predicted molar refractivity (Wildman–Crippen MR) is 78.5 cm³/mol. The molecule has 100 valence electrons. The van der Waals surface area contributed by atoms with Crippen molar-refractivity contribution in [3.05, 3.63) is 53.9 Å². The smallest absolute Gasteiger partial charge is 0.119 e. The highest BCUT2D eigenvalue weighted by molar-refractivity contribution is 5.46. The van der Waals surface area contributed by atoms with Crippen LogP contribution in [0.2, 0.25) is 0 Å². The van der Waals surface area contributed by atoms with E-state index in [2.05, 4.69) is 23.3 Å². The summed E-state index contributed by atoms with van der Waals surface area (Å²) in [6.07, 6.45) is 2.91. The van der Waals surface area contributed by atoms with Crippen molar-refractivity contribution in [2.75, 3.05) is 11.9 Å². The molecule has 0 saturated heterocycles. The lowest BCUT2D eigenvalue weighted by molar-refractivity contribution is 0.317. The first-order valence-corrected chi connectivity index (χ1v) is 6.66. The Kier molecular flexibility index (Phi) is 4.78. The number of nitrogens with one attached hydrogen (secondary N) is 1. The largest absolute Gasteiger partial charge is 0.494 e. The van der Waals surface area contributed by atoms with Crippen molar-refractivity contribution in [3.8, 4) is 5.75 Å². The number of hydrogen-bond acceptors (Lipinski definition) is 3. The normalized spacial score (nSPS) is 10.2. The van der Waals surface area contributed by atoms with Gasteiger partial charge in [-0.3, -0.25) is 4.98 Å². The van der Waals surface area contributed by atoms with E-state index >= 15 is 0 Å². The minimum atomic E-state index is 0.732. The van der Waals surface area contributed by atoms with Crippen molar-refractivity contribution < 1.29 is 4.74 Å². The number of ether oxygens (including phenoxy) is 1. The second kappa shape index (κ2) is 6.78. The zero-order valence-electron chi connectivity index (χ0n) is 11.5. The summed E-state index contributed by atoms with van der Waals surface area (Å²) in [5, 5.41) is 3.35. The van der Waals surface area contributed by atoms with Crippen molar-refractivity contribution in [1.29, 1.82) is 0 Å². The molecule has 0 amide bonds. The standard InChI is InChI=1S/C16H20N2O/c1-3-10-19-16-8-6-14(7-9-16)18-12-15-5-4-13(2)11-17-15/h4-9,11,18H,3,10,12H2,1-2H3. The molecule has 1 N–H and O–H groups in total.